The number of benzene rings is 1. The Morgan fingerprint density at radius 3 is 2.79 bits per heavy atom. The van der Waals surface area contributed by atoms with E-state index < -0.39 is 12.6 Å². The average molecular weight is 195 g/mol. The smallest absolute Gasteiger partial charge is 0.128 e. The number of rotatable bonds is 4. The van der Waals surface area contributed by atoms with Gasteiger partial charge in [0.15, 0.2) is 0 Å². The molecule has 0 aliphatic heterocycles. The van der Waals surface area contributed by atoms with Crippen LogP contribution in [0.5, 0.6) is 5.75 Å². The molecule has 0 saturated heterocycles. The van der Waals surface area contributed by atoms with Gasteiger partial charge in [0.2, 0.25) is 0 Å². The Kier molecular flexibility index (Phi) is 3.48. The maximum Gasteiger partial charge on any atom is 0.128 e. The molecule has 4 nitrogen and oxygen atoms in total. The fourth-order valence-corrected chi connectivity index (χ4v) is 1.11. The zero-order valence-electron chi connectivity index (χ0n) is 7.82. The number of aryl methyl sites for hydroxylation is 1. The van der Waals surface area contributed by atoms with Crippen LogP contribution in [-0.4, -0.2) is 17.7 Å². The van der Waals surface area contributed by atoms with E-state index in [4.69, 9.17) is 9.84 Å². The van der Waals surface area contributed by atoms with Crippen molar-refractivity contribution >= 4 is 5.97 Å². The van der Waals surface area contributed by atoms with Crippen molar-refractivity contribution < 1.29 is 19.7 Å². The fourth-order valence-electron chi connectivity index (χ4n) is 1.11. The van der Waals surface area contributed by atoms with E-state index in [0.29, 0.717) is 5.75 Å². The molecule has 14 heavy (non-hydrogen) atoms. The monoisotopic (exact) mass is 195 g/mol. The zero-order valence-corrected chi connectivity index (χ0v) is 7.82. The van der Waals surface area contributed by atoms with Gasteiger partial charge in [0.05, 0.1) is 12.6 Å². The summed E-state index contributed by atoms with van der Waals surface area (Å²) in [6.45, 7) is 1.28. The Morgan fingerprint density at radius 1 is 1.57 bits per heavy atom. The van der Waals surface area contributed by atoms with Crippen molar-refractivity contribution in [3.63, 3.8) is 0 Å². The van der Waals surface area contributed by atoms with Gasteiger partial charge in [0.25, 0.3) is 0 Å². The van der Waals surface area contributed by atoms with E-state index >= 15 is 0 Å². The number of carboxylic acids is 1. The molecule has 0 heterocycles. The minimum absolute atomic E-state index is 0.0401. The van der Waals surface area contributed by atoms with Gasteiger partial charge >= 0.3 is 0 Å². The number of hydrogen-bond acceptors (Lipinski definition) is 4. The van der Waals surface area contributed by atoms with Crippen molar-refractivity contribution in [1.82, 2.24) is 0 Å². The molecule has 0 fully saturated rings. The van der Waals surface area contributed by atoms with E-state index in [-0.39, 0.29) is 6.61 Å². The second-order valence-electron chi connectivity index (χ2n) is 2.92. The van der Waals surface area contributed by atoms with Crippen molar-refractivity contribution in [2.75, 3.05) is 6.61 Å². The van der Waals surface area contributed by atoms with E-state index in [1.165, 1.54) is 0 Å². The van der Waals surface area contributed by atoms with Crippen LogP contribution in [0.3, 0.4) is 0 Å². The van der Waals surface area contributed by atoms with E-state index in [2.05, 4.69) is 0 Å². The molecule has 0 radical (unpaired) electrons. The quantitative estimate of drug-likeness (QED) is 0.710. The second kappa shape index (κ2) is 4.62. The van der Waals surface area contributed by atoms with Crippen LogP contribution in [0, 0.1) is 6.92 Å². The van der Waals surface area contributed by atoms with Crippen LogP contribution in [0.15, 0.2) is 18.2 Å². The molecule has 0 aromatic heterocycles. The van der Waals surface area contributed by atoms with Gasteiger partial charge in [-0.05, 0) is 24.1 Å². The van der Waals surface area contributed by atoms with Gasteiger partial charge < -0.3 is 19.7 Å². The molecule has 0 saturated carbocycles. The molecule has 0 aliphatic carbocycles. The van der Waals surface area contributed by atoms with Crippen LogP contribution < -0.4 is 9.84 Å². The lowest BCUT2D eigenvalue weighted by Crippen LogP contribution is -2.29. The van der Waals surface area contributed by atoms with Gasteiger partial charge in [-0.15, -0.1) is 0 Å². The normalized spacial score (nSPS) is 9.86. The van der Waals surface area contributed by atoms with E-state index in [0.717, 1.165) is 11.1 Å². The highest BCUT2D eigenvalue weighted by atomic mass is 16.5. The molecular formula is C10H11O4-. The first kappa shape index (κ1) is 10.5. The highest BCUT2D eigenvalue weighted by Crippen LogP contribution is 2.18. The Labute approximate surface area is 81.8 Å². The lowest BCUT2D eigenvalue weighted by Gasteiger charge is -2.10. The summed E-state index contributed by atoms with van der Waals surface area (Å²) in [7, 11) is 0. The predicted molar refractivity (Wildman–Crippen MR) is 47.6 cm³/mol. The topological polar surface area (TPSA) is 69.6 Å². The summed E-state index contributed by atoms with van der Waals surface area (Å²) in [6.07, 6.45) is 0. The SMILES string of the molecule is Cc1cc(CO)ccc1OCC(=O)[O-]. The molecule has 1 aromatic rings. The van der Waals surface area contributed by atoms with Crippen LogP contribution in [0.4, 0.5) is 0 Å². The highest BCUT2D eigenvalue weighted by molar-refractivity contribution is 5.66. The molecule has 4 heteroatoms. The summed E-state index contributed by atoms with van der Waals surface area (Å²) in [6, 6.07) is 5.05. The van der Waals surface area contributed by atoms with Crippen LogP contribution in [0.1, 0.15) is 11.1 Å². The third kappa shape index (κ3) is 2.74. The van der Waals surface area contributed by atoms with Crippen LogP contribution in [0.2, 0.25) is 0 Å². The number of aliphatic carboxylic acids is 1. The van der Waals surface area contributed by atoms with Crippen LogP contribution in [0.25, 0.3) is 0 Å². The number of carboxylic acid groups (broad SMARTS) is 1. The molecule has 0 bridgehead atoms. The molecule has 0 atom stereocenters. The molecule has 1 aromatic carbocycles. The van der Waals surface area contributed by atoms with E-state index in [1.54, 1.807) is 25.1 Å². The number of carbonyl (C=O) groups is 1. The van der Waals surface area contributed by atoms with Crippen molar-refractivity contribution in [2.45, 2.75) is 13.5 Å². The zero-order chi connectivity index (χ0) is 10.6. The van der Waals surface area contributed by atoms with Crippen LogP contribution >= 0.6 is 0 Å². The van der Waals surface area contributed by atoms with Gasteiger partial charge in [-0.1, -0.05) is 12.1 Å². The summed E-state index contributed by atoms with van der Waals surface area (Å²) in [5.74, 6) is -0.762. The Hall–Kier alpha value is -1.55. The number of aliphatic hydroxyl groups excluding tert-OH is 1. The van der Waals surface area contributed by atoms with Crippen LogP contribution in [-0.2, 0) is 11.4 Å². The van der Waals surface area contributed by atoms with Gasteiger partial charge in [-0.3, -0.25) is 0 Å². The van der Waals surface area contributed by atoms with E-state index in [9.17, 15) is 9.90 Å². The number of aliphatic hydroxyl groups is 1. The summed E-state index contributed by atoms with van der Waals surface area (Å²) >= 11 is 0. The summed E-state index contributed by atoms with van der Waals surface area (Å²) in [5.41, 5.74) is 1.56. The summed E-state index contributed by atoms with van der Waals surface area (Å²) < 4.78 is 4.95. The Bertz CT molecular complexity index is 333. The minimum atomic E-state index is -1.25. The van der Waals surface area contributed by atoms with Gasteiger partial charge in [0, 0.05) is 0 Å². The number of ether oxygens (including phenoxy) is 1. The predicted octanol–water partition coefficient (Wildman–Crippen LogP) is -0.384. The first-order valence-corrected chi connectivity index (χ1v) is 4.16. The first-order chi connectivity index (χ1) is 6.63. The summed E-state index contributed by atoms with van der Waals surface area (Å²) in [5, 5.41) is 19.0. The minimum Gasteiger partial charge on any atom is -0.546 e. The lowest BCUT2D eigenvalue weighted by molar-refractivity contribution is -0.307. The molecule has 1 N–H and O–H groups in total. The maximum atomic E-state index is 10.1. The first-order valence-electron chi connectivity index (χ1n) is 4.16. The molecular weight excluding hydrogens is 184 g/mol. The fraction of sp³-hybridized carbons (Fsp3) is 0.300. The van der Waals surface area contributed by atoms with Crippen molar-refractivity contribution in [1.29, 1.82) is 0 Å². The molecule has 1 rings (SSSR count). The molecule has 0 amide bonds. The van der Waals surface area contributed by atoms with Crippen molar-refractivity contribution in [2.24, 2.45) is 0 Å². The van der Waals surface area contributed by atoms with E-state index in [1.807, 2.05) is 0 Å². The van der Waals surface area contributed by atoms with Gasteiger partial charge in [-0.2, -0.15) is 0 Å². The third-order valence-electron chi connectivity index (χ3n) is 1.77. The molecule has 0 spiro atoms. The summed E-state index contributed by atoms with van der Waals surface area (Å²) in [4.78, 5) is 10.1. The molecule has 0 unspecified atom stereocenters. The maximum absolute atomic E-state index is 10.1. The third-order valence-corrected chi connectivity index (χ3v) is 1.77. The van der Waals surface area contributed by atoms with Gasteiger partial charge in [-0.25, -0.2) is 0 Å². The highest BCUT2D eigenvalue weighted by Gasteiger charge is 2.00. The van der Waals surface area contributed by atoms with Crippen molar-refractivity contribution in [3.05, 3.63) is 29.3 Å². The largest absolute Gasteiger partial charge is 0.546 e. The molecule has 0 aliphatic rings. The number of carbonyl (C=O) groups excluding carboxylic acids is 1. The van der Waals surface area contributed by atoms with Gasteiger partial charge in [0.1, 0.15) is 12.4 Å². The van der Waals surface area contributed by atoms with Crippen molar-refractivity contribution in [3.8, 4) is 5.75 Å². The molecule has 76 valence electrons. The average Bonchev–Trinajstić information content (AvgIpc) is 2.15. The Balaban J connectivity index is 2.73. The standard InChI is InChI=1S/C10H12O4/c1-7-4-8(5-11)2-3-9(7)14-6-10(12)13/h2-4,11H,5-6H2,1H3,(H,12,13)/p-1. The Morgan fingerprint density at radius 2 is 2.29 bits per heavy atom. The lowest BCUT2D eigenvalue weighted by atomic mass is 10.1. The number of hydrogen-bond donors (Lipinski definition) is 1. The second-order valence-corrected chi connectivity index (χ2v) is 2.92.